The molecule has 0 aromatic heterocycles. The van der Waals surface area contributed by atoms with E-state index in [9.17, 15) is 9.90 Å². The summed E-state index contributed by atoms with van der Waals surface area (Å²) in [5, 5.41) is 14.0. The predicted molar refractivity (Wildman–Crippen MR) is 108 cm³/mol. The highest BCUT2D eigenvalue weighted by Gasteiger charge is 2.54. The number of carboxylic acid groups (broad SMARTS) is 1. The van der Waals surface area contributed by atoms with Gasteiger partial charge >= 0.3 is 5.97 Å². The Bertz CT molecular complexity index is 954. The Morgan fingerprint density at radius 2 is 1.89 bits per heavy atom. The Labute approximate surface area is 164 Å². The number of aromatic carboxylic acids is 1. The average Bonchev–Trinajstić information content (AvgIpc) is 3.25. The lowest BCUT2D eigenvalue weighted by Gasteiger charge is -2.44. The number of anilines is 1. The van der Waals surface area contributed by atoms with Gasteiger partial charge in [-0.15, -0.1) is 0 Å². The number of carbonyl (C=O) groups is 1. The fraction of sp³-hybridized carbons (Fsp3) is 0.435. The van der Waals surface area contributed by atoms with Crippen molar-refractivity contribution >= 4 is 23.3 Å². The van der Waals surface area contributed by atoms with Crippen molar-refractivity contribution in [2.24, 2.45) is 17.8 Å². The smallest absolute Gasteiger partial charge is 0.337 e. The van der Waals surface area contributed by atoms with Crippen LogP contribution in [0.1, 0.15) is 63.8 Å². The third-order valence-electron chi connectivity index (χ3n) is 7.16. The largest absolute Gasteiger partial charge is 0.478 e. The summed E-state index contributed by atoms with van der Waals surface area (Å²) < 4.78 is 0. The normalized spacial score (nSPS) is 30.6. The lowest BCUT2D eigenvalue weighted by atomic mass is 9.67. The number of aryl methyl sites for hydroxylation is 2. The molecule has 0 saturated heterocycles. The van der Waals surface area contributed by atoms with E-state index in [0.717, 1.165) is 11.3 Å². The molecule has 5 atom stereocenters. The van der Waals surface area contributed by atoms with Gasteiger partial charge in [0.2, 0.25) is 0 Å². The molecular weight excluding hydrogens is 358 g/mol. The monoisotopic (exact) mass is 381 g/mol. The van der Waals surface area contributed by atoms with E-state index in [1.165, 1.54) is 36.0 Å². The van der Waals surface area contributed by atoms with Gasteiger partial charge in [-0.25, -0.2) is 4.79 Å². The number of fused-ring (bicyclic) bond motifs is 7. The lowest BCUT2D eigenvalue weighted by molar-refractivity contribution is 0.0697. The van der Waals surface area contributed by atoms with Crippen molar-refractivity contribution in [1.29, 1.82) is 0 Å². The molecule has 27 heavy (non-hydrogen) atoms. The van der Waals surface area contributed by atoms with Crippen LogP contribution in [0.5, 0.6) is 0 Å². The number of hydrogen-bond acceptors (Lipinski definition) is 2. The Morgan fingerprint density at radius 1 is 1.11 bits per heavy atom. The lowest BCUT2D eigenvalue weighted by Crippen LogP contribution is -2.36. The minimum atomic E-state index is -0.914. The highest BCUT2D eigenvalue weighted by Crippen LogP contribution is 2.64. The average molecular weight is 382 g/mol. The zero-order valence-electron chi connectivity index (χ0n) is 15.6. The maximum absolute atomic E-state index is 11.9. The van der Waals surface area contributed by atoms with Crippen LogP contribution in [-0.2, 0) is 0 Å². The molecule has 0 unspecified atom stereocenters. The quantitative estimate of drug-likeness (QED) is 0.675. The minimum absolute atomic E-state index is 0.164. The number of hydrogen-bond donors (Lipinski definition) is 2. The zero-order chi connectivity index (χ0) is 18.9. The van der Waals surface area contributed by atoms with Crippen LogP contribution >= 0.6 is 11.6 Å². The molecule has 3 aliphatic rings. The van der Waals surface area contributed by atoms with Gasteiger partial charge in [-0.3, -0.25) is 0 Å². The molecular formula is C23H24ClNO2. The Morgan fingerprint density at radius 3 is 2.67 bits per heavy atom. The maximum atomic E-state index is 11.9. The second kappa shape index (κ2) is 6.00. The number of benzene rings is 2. The summed E-state index contributed by atoms with van der Waals surface area (Å²) in [6.07, 6.45) is 3.79. The molecule has 2 fully saturated rings. The SMILES string of the molecule is Cc1ccc(C)c([C@@H]2Nc3c(C(=O)O)cc(Cl)cc3[C@H]3[C@H]4CC[C@@H](C4)[C@H]32)c1. The topological polar surface area (TPSA) is 49.3 Å². The first kappa shape index (κ1) is 17.1. The van der Waals surface area contributed by atoms with E-state index in [0.29, 0.717) is 34.3 Å². The van der Waals surface area contributed by atoms with Crippen LogP contribution in [0, 0.1) is 31.6 Å². The van der Waals surface area contributed by atoms with Crippen molar-refractivity contribution in [3.8, 4) is 0 Å². The highest BCUT2D eigenvalue weighted by atomic mass is 35.5. The molecule has 0 amide bonds. The molecule has 2 aromatic rings. The van der Waals surface area contributed by atoms with Gasteiger partial charge in [0.1, 0.15) is 0 Å². The third-order valence-corrected chi connectivity index (χ3v) is 7.38. The first-order valence-corrected chi connectivity index (χ1v) is 10.2. The number of halogens is 1. The van der Waals surface area contributed by atoms with Gasteiger partial charge in [-0.1, -0.05) is 35.4 Å². The third kappa shape index (κ3) is 2.51. The van der Waals surface area contributed by atoms with Gasteiger partial charge in [0.15, 0.2) is 0 Å². The first-order chi connectivity index (χ1) is 12.9. The summed E-state index contributed by atoms with van der Waals surface area (Å²) in [4.78, 5) is 11.9. The van der Waals surface area contributed by atoms with E-state index in [2.05, 4.69) is 37.4 Å². The summed E-state index contributed by atoms with van der Waals surface area (Å²) in [6.45, 7) is 4.29. The maximum Gasteiger partial charge on any atom is 0.337 e. The number of rotatable bonds is 2. The summed E-state index contributed by atoms with van der Waals surface area (Å²) in [6, 6.07) is 10.4. The fourth-order valence-corrected chi connectivity index (χ4v) is 6.36. The Balaban J connectivity index is 1.72. The molecule has 2 bridgehead atoms. The fourth-order valence-electron chi connectivity index (χ4n) is 6.13. The number of carboxylic acids is 1. The molecule has 1 heterocycles. The molecule has 0 radical (unpaired) electrons. The van der Waals surface area contributed by atoms with Crippen LogP contribution in [0.15, 0.2) is 30.3 Å². The van der Waals surface area contributed by atoms with Crippen molar-refractivity contribution in [3.63, 3.8) is 0 Å². The Kier molecular flexibility index (Phi) is 3.80. The molecule has 3 nitrogen and oxygen atoms in total. The zero-order valence-corrected chi connectivity index (χ0v) is 16.4. The highest BCUT2D eigenvalue weighted by molar-refractivity contribution is 6.31. The van der Waals surface area contributed by atoms with E-state index in [4.69, 9.17) is 11.6 Å². The van der Waals surface area contributed by atoms with Gasteiger partial charge in [-0.2, -0.15) is 0 Å². The summed E-state index contributed by atoms with van der Waals surface area (Å²) in [5.74, 6) is 1.35. The van der Waals surface area contributed by atoms with Gasteiger partial charge < -0.3 is 10.4 Å². The minimum Gasteiger partial charge on any atom is -0.478 e. The molecule has 2 N–H and O–H groups in total. The van der Waals surface area contributed by atoms with Gasteiger partial charge in [-0.05, 0) is 85.6 Å². The van der Waals surface area contributed by atoms with Crippen molar-refractivity contribution < 1.29 is 9.90 Å². The van der Waals surface area contributed by atoms with Gasteiger partial charge in [0, 0.05) is 5.02 Å². The van der Waals surface area contributed by atoms with E-state index in [1.807, 2.05) is 6.07 Å². The van der Waals surface area contributed by atoms with E-state index in [1.54, 1.807) is 6.07 Å². The summed E-state index contributed by atoms with van der Waals surface area (Å²) in [7, 11) is 0. The van der Waals surface area contributed by atoms with Crippen molar-refractivity contribution in [3.05, 3.63) is 63.2 Å². The van der Waals surface area contributed by atoms with E-state index >= 15 is 0 Å². The standard InChI is InChI=1S/C23H24ClNO2/c1-11-3-4-12(2)16(7-11)22-20-14-6-5-13(8-14)19(20)17-9-15(24)10-18(23(26)27)21(17)25-22/h3-4,7,9-10,13-14,19-20,22,25H,5-6,8H2,1-2H3,(H,26,27)/t13-,14-,19+,20+,22-/m0/s1. The van der Waals surface area contributed by atoms with Gasteiger partial charge in [0.25, 0.3) is 0 Å². The van der Waals surface area contributed by atoms with E-state index in [-0.39, 0.29) is 6.04 Å². The second-order valence-corrected chi connectivity index (χ2v) is 9.08. The van der Waals surface area contributed by atoms with Gasteiger partial charge in [0.05, 0.1) is 17.3 Å². The van der Waals surface area contributed by atoms with Crippen LogP contribution in [0.25, 0.3) is 0 Å². The predicted octanol–water partition coefficient (Wildman–Crippen LogP) is 5.95. The van der Waals surface area contributed by atoms with Crippen molar-refractivity contribution in [2.75, 3.05) is 5.32 Å². The first-order valence-electron chi connectivity index (χ1n) is 9.84. The molecule has 2 aromatic carbocycles. The number of nitrogens with one attached hydrogen (secondary N) is 1. The molecule has 2 aliphatic carbocycles. The van der Waals surface area contributed by atoms with Crippen LogP contribution in [0.3, 0.4) is 0 Å². The van der Waals surface area contributed by atoms with E-state index < -0.39 is 5.97 Å². The van der Waals surface area contributed by atoms with Crippen LogP contribution in [-0.4, -0.2) is 11.1 Å². The van der Waals surface area contributed by atoms with Crippen molar-refractivity contribution in [2.45, 2.75) is 45.1 Å². The molecule has 5 rings (SSSR count). The molecule has 140 valence electrons. The molecule has 4 heteroatoms. The molecule has 2 saturated carbocycles. The summed E-state index contributed by atoms with van der Waals surface area (Å²) in [5.41, 5.74) is 6.04. The molecule has 1 aliphatic heterocycles. The Hall–Kier alpha value is -2.00. The molecule has 0 spiro atoms. The van der Waals surface area contributed by atoms with Crippen LogP contribution < -0.4 is 5.32 Å². The van der Waals surface area contributed by atoms with Crippen LogP contribution in [0.4, 0.5) is 5.69 Å². The summed E-state index contributed by atoms with van der Waals surface area (Å²) >= 11 is 6.33. The van der Waals surface area contributed by atoms with Crippen LogP contribution in [0.2, 0.25) is 5.02 Å². The van der Waals surface area contributed by atoms with Crippen molar-refractivity contribution in [1.82, 2.24) is 0 Å². The second-order valence-electron chi connectivity index (χ2n) is 8.64.